The summed E-state index contributed by atoms with van der Waals surface area (Å²) in [6.45, 7) is 6.43. The summed E-state index contributed by atoms with van der Waals surface area (Å²) in [7, 11) is 0. The van der Waals surface area contributed by atoms with Crippen molar-refractivity contribution in [2.45, 2.75) is 84.8 Å². The molecule has 0 bridgehead atoms. The summed E-state index contributed by atoms with van der Waals surface area (Å²) >= 11 is 0. The van der Waals surface area contributed by atoms with Crippen molar-refractivity contribution in [3.63, 3.8) is 0 Å². The number of hydrogen-bond donors (Lipinski definition) is 1. The Morgan fingerprint density at radius 3 is 2.21 bits per heavy atom. The Labute approximate surface area is 118 Å². The lowest BCUT2D eigenvalue weighted by molar-refractivity contribution is -0.160. The van der Waals surface area contributed by atoms with E-state index in [2.05, 4.69) is 19.3 Å². The van der Waals surface area contributed by atoms with E-state index in [4.69, 9.17) is 9.57 Å². The number of unbranched alkanes of at least 4 members (excludes halogenated alkanes) is 6. The van der Waals surface area contributed by atoms with E-state index in [0.717, 1.165) is 25.9 Å². The third kappa shape index (κ3) is 13.6. The minimum atomic E-state index is -0.333. The second-order valence-electron chi connectivity index (χ2n) is 4.98. The van der Waals surface area contributed by atoms with Crippen LogP contribution in [0.5, 0.6) is 0 Å². The Hall–Kier alpha value is -0.610. The van der Waals surface area contributed by atoms with Gasteiger partial charge < -0.3 is 9.57 Å². The van der Waals surface area contributed by atoms with Gasteiger partial charge in [-0.1, -0.05) is 58.8 Å². The first-order valence-corrected chi connectivity index (χ1v) is 7.75. The quantitative estimate of drug-likeness (QED) is 0.313. The average molecular weight is 273 g/mol. The third-order valence-corrected chi connectivity index (χ3v) is 2.95. The van der Waals surface area contributed by atoms with E-state index in [1.165, 1.54) is 45.4 Å². The van der Waals surface area contributed by atoms with Gasteiger partial charge in [-0.2, -0.15) is 0 Å². The van der Waals surface area contributed by atoms with Gasteiger partial charge in [0.25, 0.3) is 0 Å². The number of rotatable bonds is 13. The molecule has 0 radical (unpaired) electrons. The Balaban J connectivity index is 3.44. The fraction of sp³-hybridized carbons (Fsp3) is 0.933. The first-order valence-electron chi connectivity index (χ1n) is 7.75. The molecule has 1 atom stereocenters. The molecule has 0 saturated heterocycles. The molecule has 0 amide bonds. The lowest BCUT2D eigenvalue weighted by Gasteiger charge is -2.17. The van der Waals surface area contributed by atoms with E-state index in [1.807, 2.05) is 0 Å². The van der Waals surface area contributed by atoms with Crippen LogP contribution in [0.2, 0.25) is 0 Å². The molecule has 0 rings (SSSR count). The average Bonchev–Trinajstić information content (AvgIpc) is 2.38. The molecule has 0 aliphatic rings. The Bertz CT molecular complexity index is 210. The van der Waals surface area contributed by atoms with Crippen LogP contribution in [0.25, 0.3) is 0 Å². The summed E-state index contributed by atoms with van der Waals surface area (Å²) in [5.41, 5.74) is 2.67. The van der Waals surface area contributed by atoms with Gasteiger partial charge in [0.1, 0.15) is 6.23 Å². The zero-order valence-electron chi connectivity index (χ0n) is 12.9. The molecule has 0 aliphatic heterocycles. The molecular formula is C15H31NO3. The highest BCUT2D eigenvalue weighted by atomic mass is 16.7. The maximum absolute atomic E-state index is 10.7. The van der Waals surface area contributed by atoms with Crippen LogP contribution in [0.1, 0.15) is 78.6 Å². The molecule has 19 heavy (non-hydrogen) atoms. The first kappa shape index (κ1) is 18.4. The molecular weight excluding hydrogens is 242 g/mol. The number of nitrogens with one attached hydrogen (secondary N) is 1. The smallest absolute Gasteiger partial charge is 0.321 e. The van der Waals surface area contributed by atoms with Crippen LogP contribution in [-0.4, -0.2) is 18.8 Å². The summed E-state index contributed by atoms with van der Waals surface area (Å²) in [6.07, 6.45) is 10.6. The van der Waals surface area contributed by atoms with Crippen molar-refractivity contribution >= 4 is 5.97 Å². The molecule has 0 spiro atoms. The van der Waals surface area contributed by atoms with E-state index in [1.54, 1.807) is 0 Å². The number of ether oxygens (including phenoxy) is 1. The van der Waals surface area contributed by atoms with Gasteiger partial charge in [0.2, 0.25) is 0 Å². The Morgan fingerprint density at radius 1 is 1.00 bits per heavy atom. The van der Waals surface area contributed by atoms with Crippen molar-refractivity contribution in [1.29, 1.82) is 0 Å². The fourth-order valence-electron chi connectivity index (χ4n) is 1.87. The molecule has 4 heteroatoms. The van der Waals surface area contributed by atoms with Gasteiger partial charge in [0.15, 0.2) is 0 Å². The maximum atomic E-state index is 10.7. The minimum absolute atomic E-state index is 0.172. The molecule has 0 aromatic carbocycles. The highest BCUT2D eigenvalue weighted by Crippen LogP contribution is 2.08. The van der Waals surface area contributed by atoms with Gasteiger partial charge in [0.05, 0.1) is 0 Å². The van der Waals surface area contributed by atoms with Gasteiger partial charge in [-0.25, -0.2) is 0 Å². The molecule has 0 fully saturated rings. The van der Waals surface area contributed by atoms with E-state index in [9.17, 15) is 4.79 Å². The summed E-state index contributed by atoms with van der Waals surface area (Å²) in [6, 6.07) is 0. The summed E-state index contributed by atoms with van der Waals surface area (Å²) < 4.78 is 5.67. The molecule has 4 nitrogen and oxygen atoms in total. The summed E-state index contributed by atoms with van der Waals surface area (Å²) in [4.78, 5) is 15.5. The van der Waals surface area contributed by atoms with Crippen LogP contribution >= 0.6 is 0 Å². The van der Waals surface area contributed by atoms with Gasteiger partial charge >= 0.3 is 5.97 Å². The van der Waals surface area contributed by atoms with Gasteiger partial charge in [-0.3, -0.25) is 4.79 Å². The van der Waals surface area contributed by atoms with Gasteiger partial charge in [0, 0.05) is 13.5 Å². The van der Waals surface area contributed by atoms with Crippen LogP contribution in [0.3, 0.4) is 0 Å². The molecule has 114 valence electrons. The monoisotopic (exact) mass is 273 g/mol. The second kappa shape index (κ2) is 13.8. The molecule has 0 aromatic heterocycles. The van der Waals surface area contributed by atoms with E-state index in [-0.39, 0.29) is 12.2 Å². The zero-order valence-corrected chi connectivity index (χ0v) is 12.9. The Kier molecular flexibility index (Phi) is 13.4. The molecule has 1 N–H and O–H groups in total. The third-order valence-electron chi connectivity index (χ3n) is 2.95. The predicted molar refractivity (Wildman–Crippen MR) is 77.5 cm³/mol. The first-order chi connectivity index (χ1) is 9.20. The minimum Gasteiger partial charge on any atom is -0.368 e. The molecule has 0 aliphatic carbocycles. The summed E-state index contributed by atoms with van der Waals surface area (Å²) in [5.74, 6) is -0.333. The van der Waals surface area contributed by atoms with Gasteiger partial charge in [-0.05, 0) is 12.8 Å². The molecule has 0 aromatic rings. The normalized spacial score (nSPS) is 12.4. The Morgan fingerprint density at radius 2 is 1.63 bits per heavy atom. The predicted octanol–water partition coefficient (Wildman–Crippen LogP) is 3.95. The maximum Gasteiger partial charge on any atom is 0.321 e. The van der Waals surface area contributed by atoms with E-state index in [0.29, 0.717) is 0 Å². The van der Waals surface area contributed by atoms with Crippen molar-refractivity contribution in [3.05, 3.63) is 0 Å². The fourth-order valence-corrected chi connectivity index (χ4v) is 1.87. The standard InChI is InChI=1S/C15H31NO3/c1-4-6-7-8-9-10-11-13-18-15(12-5-2)16-19-14(3)17/h15-16H,4-13H2,1-3H3. The SMILES string of the molecule is CCCCCCCCCOC(CCC)NOC(C)=O. The van der Waals surface area contributed by atoms with Crippen LogP contribution in [0, 0.1) is 0 Å². The highest BCUT2D eigenvalue weighted by Gasteiger charge is 2.08. The van der Waals surface area contributed by atoms with Crippen LogP contribution in [-0.2, 0) is 14.4 Å². The molecule has 0 heterocycles. The highest BCUT2D eigenvalue weighted by molar-refractivity contribution is 5.65. The number of hydrogen-bond acceptors (Lipinski definition) is 4. The van der Waals surface area contributed by atoms with E-state index < -0.39 is 0 Å². The number of hydroxylamine groups is 1. The number of carbonyl (C=O) groups excluding carboxylic acids is 1. The lowest BCUT2D eigenvalue weighted by atomic mass is 10.1. The lowest BCUT2D eigenvalue weighted by Crippen LogP contribution is -2.33. The molecule has 0 saturated carbocycles. The summed E-state index contributed by atoms with van der Waals surface area (Å²) in [5, 5.41) is 0. The zero-order chi connectivity index (χ0) is 14.3. The van der Waals surface area contributed by atoms with Crippen molar-refractivity contribution in [1.82, 2.24) is 5.48 Å². The van der Waals surface area contributed by atoms with Crippen molar-refractivity contribution in [2.75, 3.05) is 6.61 Å². The van der Waals surface area contributed by atoms with Gasteiger partial charge in [-0.15, -0.1) is 5.48 Å². The topological polar surface area (TPSA) is 47.6 Å². The second-order valence-corrected chi connectivity index (χ2v) is 4.98. The number of carbonyl (C=O) groups is 1. The largest absolute Gasteiger partial charge is 0.368 e. The van der Waals surface area contributed by atoms with Crippen LogP contribution < -0.4 is 5.48 Å². The van der Waals surface area contributed by atoms with Crippen LogP contribution in [0.4, 0.5) is 0 Å². The van der Waals surface area contributed by atoms with Crippen molar-refractivity contribution in [3.8, 4) is 0 Å². The van der Waals surface area contributed by atoms with Crippen LogP contribution in [0.15, 0.2) is 0 Å². The van der Waals surface area contributed by atoms with Crippen molar-refractivity contribution in [2.24, 2.45) is 0 Å². The van der Waals surface area contributed by atoms with E-state index >= 15 is 0 Å². The van der Waals surface area contributed by atoms with Crippen molar-refractivity contribution < 1.29 is 14.4 Å². The molecule has 1 unspecified atom stereocenters.